The zero-order chi connectivity index (χ0) is 34.6. The number of allylic oxidation sites excluding steroid dienone is 1. The van der Waals surface area contributed by atoms with Crippen LogP contribution in [0.5, 0.6) is 0 Å². The Hall–Kier alpha value is -2.29. The average molecular weight is 657 g/mol. The number of ketones is 1. The summed E-state index contributed by atoms with van der Waals surface area (Å²) < 4.78 is 12.2. The molecule has 8 atom stereocenters. The molecule has 0 saturated heterocycles. The summed E-state index contributed by atoms with van der Waals surface area (Å²) in [6.45, 7) is 10.8. The predicted octanol–water partition coefficient (Wildman–Crippen LogP) is 6.70. The minimum absolute atomic E-state index is 0.0149. The van der Waals surface area contributed by atoms with E-state index in [1.54, 1.807) is 39.0 Å². The Balaban J connectivity index is 1.47. The maximum absolute atomic E-state index is 13.3. The molecule has 8 nitrogen and oxygen atoms in total. The van der Waals surface area contributed by atoms with Gasteiger partial charge < -0.3 is 24.8 Å². The molecule has 0 aromatic carbocycles. The molecule has 0 heterocycles. The number of carbonyl (C=O) groups is 3. The van der Waals surface area contributed by atoms with Gasteiger partial charge in [0.15, 0.2) is 5.78 Å². The molecule has 264 valence electrons. The smallest absolute Gasteiger partial charge is 0.333 e. The molecule has 1 unspecified atom stereocenters. The highest BCUT2D eigenvalue weighted by Crippen LogP contribution is 2.77. The first-order valence-corrected chi connectivity index (χ1v) is 18.3. The zero-order valence-corrected chi connectivity index (χ0v) is 29.7. The van der Waals surface area contributed by atoms with Crippen LogP contribution in [0.4, 0.5) is 0 Å². The van der Waals surface area contributed by atoms with Crippen molar-refractivity contribution in [2.24, 2.45) is 29.1 Å². The van der Waals surface area contributed by atoms with Gasteiger partial charge in [0.25, 0.3) is 0 Å². The molecule has 0 spiro atoms. The SMILES string of the molecule is C/C=C(/C)C(=O)OC12C[C@@H](C)[C@@]3(O)[C@@H](C=C(CO)C[C@]4(O)C(=O)C(C)=C[C@@H]34)[C@@H]1[C@@]2(C)COC(=O)CCCCCCCCCCCCC. The van der Waals surface area contributed by atoms with Crippen molar-refractivity contribution in [3.63, 3.8) is 0 Å². The zero-order valence-electron chi connectivity index (χ0n) is 29.7. The molecule has 0 aromatic heterocycles. The summed E-state index contributed by atoms with van der Waals surface area (Å²) in [6.07, 6.45) is 18.8. The Morgan fingerprint density at radius 3 is 2.17 bits per heavy atom. The molecule has 2 saturated carbocycles. The Morgan fingerprint density at radius 1 is 1.00 bits per heavy atom. The van der Waals surface area contributed by atoms with E-state index in [0.29, 0.717) is 23.1 Å². The van der Waals surface area contributed by atoms with Crippen molar-refractivity contribution in [3.8, 4) is 0 Å². The first kappa shape index (κ1) is 37.5. The molecule has 2 fully saturated rings. The largest absolute Gasteiger partial charge is 0.465 e. The van der Waals surface area contributed by atoms with Gasteiger partial charge >= 0.3 is 11.9 Å². The van der Waals surface area contributed by atoms with Crippen LogP contribution < -0.4 is 0 Å². The van der Waals surface area contributed by atoms with E-state index in [1.165, 1.54) is 51.4 Å². The summed E-state index contributed by atoms with van der Waals surface area (Å²) >= 11 is 0. The van der Waals surface area contributed by atoms with Gasteiger partial charge in [-0.1, -0.05) is 103 Å². The van der Waals surface area contributed by atoms with Gasteiger partial charge in [0, 0.05) is 41.6 Å². The third-order valence-electron chi connectivity index (χ3n) is 12.2. The van der Waals surface area contributed by atoms with Crippen molar-refractivity contribution in [1.82, 2.24) is 0 Å². The third-order valence-corrected chi connectivity index (χ3v) is 12.2. The number of hydrogen-bond donors (Lipinski definition) is 3. The van der Waals surface area contributed by atoms with Gasteiger partial charge in [0.05, 0.1) is 12.2 Å². The molecular weight excluding hydrogens is 596 g/mol. The minimum Gasteiger partial charge on any atom is -0.465 e. The second-order valence-corrected chi connectivity index (χ2v) is 15.4. The van der Waals surface area contributed by atoms with E-state index in [1.807, 2.05) is 13.8 Å². The monoisotopic (exact) mass is 656 g/mol. The number of aliphatic hydroxyl groups excluding tert-OH is 1. The molecule has 0 aromatic rings. The van der Waals surface area contributed by atoms with E-state index in [-0.39, 0.29) is 32.0 Å². The topological polar surface area (TPSA) is 130 Å². The van der Waals surface area contributed by atoms with Gasteiger partial charge in [-0.05, 0) is 50.7 Å². The molecule has 4 rings (SSSR count). The van der Waals surface area contributed by atoms with Crippen LogP contribution in [0.15, 0.2) is 34.9 Å². The fourth-order valence-corrected chi connectivity index (χ4v) is 9.22. The van der Waals surface area contributed by atoms with Crippen LogP contribution in [0.2, 0.25) is 0 Å². The van der Waals surface area contributed by atoms with Crippen LogP contribution >= 0.6 is 0 Å². The number of ether oxygens (including phenoxy) is 2. The van der Waals surface area contributed by atoms with Crippen LogP contribution in [0.25, 0.3) is 0 Å². The molecule has 4 aliphatic rings. The van der Waals surface area contributed by atoms with Gasteiger partial charge in [0.1, 0.15) is 17.8 Å². The van der Waals surface area contributed by atoms with Gasteiger partial charge in [-0.3, -0.25) is 9.59 Å². The van der Waals surface area contributed by atoms with E-state index in [4.69, 9.17) is 9.47 Å². The summed E-state index contributed by atoms with van der Waals surface area (Å²) in [7, 11) is 0. The van der Waals surface area contributed by atoms with E-state index >= 15 is 0 Å². The fourth-order valence-electron chi connectivity index (χ4n) is 9.22. The number of fused-ring (bicyclic) bond motifs is 5. The van der Waals surface area contributed by atoms with E-state index in [9.17, 15) is 29.7 Å². The van der Waals surface area contributed by atoms with E-state index in [0.717, 1.165) is 19.3 Å². The lowest BCUT2D eigenvalue weighted by Gasteiger charge is -2.50. The molecule has 0 radical (unpaired) electrons. The molecule has 0 aliphatic heterocycles. The lowest BCUT2D eigenvalue weighted by atomic mass is 9.60. The molecule has 3 N–H and O–H groups in total. The Morgan fingerprint density at radius 2 is 1.60 bits per heavy atom. The summed E-state index contributed by atoms with van der Waals surface area (Å²) in [5.41, 5.74) is -4.00. The van der Waals surface area contributed by atoms with Crippen LogP contribution in [0.1, 0.15) is 131 Å². The average Bonchev–Trinajstić information content (AvgIpc) is 3.49. The number of esters is 2. The van der Waals surface area contributed by atoms with Gasteiger partial charge in [-0.25, -0.2) is 4.79 Å². The summed E-state index contributed by atoms with van der Waals surface area (Å²) in [6, 6.07) is 0. The molecule has 47 heavy (non-hydrogen) atoms. The summed E-state index contributed by atoms with van der Waals surface area (Å²) in [5.74, 6) is -3.73. The highest BCUT2D eigenvalue weighted by atomic mass is 16.6. The van der Waals surface area contributed by atoms with Crippen LogP contribution in [0, 0.1) is 29.1 Å². The number of rotatable bonds is 17. The van der Waals surface area contributed by atoms with Gasteiger partial charge in [0.2, 0.25) is 0 Å². The normalized spacial score (nSPS) is 36.0. The first-order valence-electron chi connectivity index (χ1n) is 18.3. The second-order valence-electron chi connectivity index (χ2n) is 15.4. The van der Waals surface area contributed by atoms with Crippen LogP contribution in [-0.4, -0.2) is 63.1 Å². The maximum atomic E-state index is 13.3. The highest BCUT2D eigenvalue weighted by Gasteiger charge is 2.85. The second kappa shape index (κ2) is 15.1. The number of aliphatic hydroxyl groups is 3. The molecule has 4 aliphatic carbocycles. The first-order chi connectivity index (χ1) is 22.3. The van der Waals surface area contributed by atoms with Crippen molar-refractivity contribution in [3.05, 3.63) is 34.9 Å². The van der Waals surface area contributed by atoms with Crippen molar-refractivity contribution in [2.45, 2.75) is 148 Å². The molecule has 8 heteroatoms. The van der Waals surface area contributed by atoms with Gasteiger partial charge in [-0.2, -0.15) is 0 Å². The third kappa shape index (κ3) is 6.94. The summed E-state index contributed by atoms with van der Waals surface area (Å²) in [4.78, 5) is 39.5. The van der Waals surface area contributed by atoms with E-state index < -0.39 is 57.6 Å². The minimum atomic E-state index is -1.87. The lowest BCUT2D eigenvalue weighted by molar-refractivity contribution is -0.185. The lowest BCUT2D eigenvalue weighted by Crippen LogP contribution is -2.61. The molecular formula is C39H60O8. The van der Waals surface area contributed by atoms with Crippen molar-refractivity contribution in [1.29, 1.82) is 0 Å². The van der Waals surface area contributed by atoms with Crippen LogP contribution in [0.3, 0.4) is 0 Å². The number of Topliss-reactive ketones (excluding diaryl/α,β-unsaturated/α-hetero) is 1. The van der Waals surface area contributed by atoms with E-state index in [2.05, 4.69) is 6.92 Å². The maximum Gasteiger partial charge on any atom is 0.333 e. The Labute approximate surface area is 282 Å². The molecule has 0 amide bonds. The van der Waals surface area contributed by atoms with Crippen molar-refractivity contribution in [2.75, 3.05) is 13.2 Å². The molecule has 0 bridgehead atoms. The van der Waals surface area contributed by atoms with Crippen molar-refractivity contribution >= 4 is 17.7 Å². The summed E-state index contributed by atoms with van der Waals surface area (Å²) in [5, 5.41) is 34.8. The predicted molar refractivity (Wildman–Crippen MR) is 181 cm³/mol. The van der Waals surface area contributed by atoms with Crippen molar-refractivity contribution < 1.29 is 39.2 Å². The number of unbranched alkanes of at least 4 members (excludes halogenated alkanes) is 10. The van der Waals surface area contributed by atoms with Crippen LogP contribution in [-0.2, 0) is 23.9 Å². The Kier molecular flexibility index (Phi) is 12.0. The Bertz CT molecular complexity index is 1270. The standard InChI is InChI=1S/C39H60O8/c1-7-9-10-11-12-13-14-15-16-17-18-19-32(41)46-25-36(6)33-30-21-29(24-40)23-37(44)31(20-27(4)34(37)42)39(30,45)28(5)22-38(33,36)47-35(43)26(3)8-2/h8,20-21,28,30-31,33,40,44-45H,7,9-19,22-25H2,1-6H3/b26-8-/t28-,30+,31-,33-,36-,37-,38?,39-/m1/s1. The quantitative estimate of drug-likeness (QED) is 0.0683. The number of hydrogen-bond acceptors (Lipinski definition) is 8. The fraction of sp³-hybridized carbons (Fsp3) is 0.769. The number of carbonyl (C=O) groups excluding carboxylic acids is 3. The highest BCUT2D eigenvalue weighted by molar-refractivity contribution is 6.04. The van der Waals surface area contributed by atoms with Gasteiger partial charge in [-0.15, -0.1) is 0 Å².